The fourth-order valence-corrected chi connectivity index (χ4v) is 2.87. The fraction of sp³-hybridized carbons (Fsp3) is 0.538. The Kier molecular flexibility index (Phi) is 6.41. The highest BCUT2D eigenvalue weighted by molar-refractivity contribution is 7.89. The normalized spacial score (nSPS) is 13.4. The molecule has 0 bridgehead atoms. The van der Waals surface area contributed by atoms with Gasteiger partial charge in [0.1, 0.15) is 5.82 Å². The molecule has 0 aromatic heterocycles. The van der Waals surface area contributed by atoms with Crippen molar-refractivity contribution < 1.29 is 17.5 Å². The van der Waals surface area contributed by atoms with Crippen molar-refractivity contribution in [2.24, 2.45) is 0 Å². The zero-order valence-corrected chi connectivity index (χ0v) is 12.0. The van der Waals surface area contributed by atoms with Crippen LogP contribution in [0.2, 0.25) is 0 Å². The lowest BCUT2D eigenvalue weighted by atomic mass is 10.1. The number of benzene rings is 1. The summed E-state index contributed by atoms with van der Waals surface area (Å²) in [5, 5.41) is 0. The SMILES string of the molecule is CCCCS(=O)(=O)NCC(OC)c1cccc(F)c1. The summed E-state index contributed by atoms with van der Waals surface area (Å²) in [7, 11) is -1.82. The average molecular weight is 289 g/mol. The molecule has 0 saturated heterocycles. The van der Waals surface area contributed by atoms with Crippen LogP contribution in [-0.4, -0.2) is 27.8 Å². The number of rotatable bonds is 8. The van der Waals surface area contributed by atoms with E-state index in [1.807, 2.05) is 6.92 Å². The van der Waals surface area contributed by atoms with Crippen molar-refractivity contribution in [2.75, 3.05) is 19.4 Å². The largest absolute Gasteiger partial charge is 0.375 e. The first-order valence-corrected chi connectivity index (χ1v) is 7.89. The molecular weight excluding hydrogens is 269 g/mol. The highest BCUT2D eigenvalue weighted by atomic mass is 32.2. The highest BCUT2D eigenvalue weighted by Gasteiger charge is 2.15. The molecule has 0 aliphatic heterocycles. The molecule has 1 N–H and O–H groups in total. The first-order valence-electron chi connectivity index (χ1n) is 6.24. The van der Waals surface area contributed by atoms with Crippen LogP contribution >= 0.6 is 0 Å². The molecule has 4 nitrogen and oxygen atoms in total. The minimum atomic E-state index is -3.29. The maximum absolute atomic E-state index is 13.1. The van der Waals surface area contributed by atoms with Gasteiger partial charge in [-0.2, -0.15) is 0 Å². The van der Waals surface area contributed by atoms with E-state index in [0.29, 0.717) is 12.0 Å². The predicted octanol–water partition coefficient (Wildman–Crippen LogP) is 2.23. The molecule has 108 valence electrons. The van der Waals surface area contributed by atoms with Crippen molar-refractivity contribution in [1.29, 1.82) is 0 Å². The quantitative estimate of drug-likeness (QED) is 0.798. The summed E-state index contributed by atoms with van der Waals surface area (Å²) in [6.45, 7) is 2.03. The van der Waals surface area contributed by atoms with Crippen LogP contribution < -0.4 is 4.72 Å². The van der Waals surface area contributed by atoms with Gasteiger partial charge in [-0.25, -0.2) is 17.5 Å². The molecule has 0 saturated carbocycles. The first kappa shape index (κ1) is 16.1. The lowest BCUT2D eigenvalue weighted by molar-refractivity contribution is 0.107. The van der Waals surface area contributed by atoms with Crippen LogP contribution in [0.5, 0.6) is 0 Å². The van der Waals surface area contributed by atoms with Gasteiger partial charge in [-0.1, -0.05) is 25.5 Å². The second-order valence-electron chi connectivity index (χ2n) is 4.30. The van der Waals surface area contributed by atoms with E-state index in [0.717, 1.165) is 6.42 Å². The van der Waals surface area contributed by atoms with E-state index in [-0.39, 0.29) is 18.1 Å². The van der Waals surface area contributed by atoms with Gasteiger partial charge in [0.2, 0.25) is 10.0 Å². The Balaban J connectivity index is 2.63. The molecule has 1 unspecified atom stereocenters. The van der Waals surface area contributed by atoms with Crippen LogP contribution in [0.3, 0.4) is 0 Å². The molecule has 0 spiro atoms. The van der Waals surface area contributed by atoms with Gasteiger partial charge >= 0.3 is 0 Å². The van der Waals surface area contributed by atoms with Crippen LogP contribution in [0.1, 0.15) is 31.4 Å². The molecule has 0 amide bonds. The van der Waals surface area contributed by atoms with Crippen LogP contribution in [0.25, 0.3) is 0 Å². The van der Waals surface area contributed by atoms with Crippen molar-refractivity contribution in [2.45, 2.75) is 25.9 Å². The minimum absolute atomic E-state index is 0.100. The van der Waals surface area contributed by atoms with Crippen molar-refractivity contribution >= 4 is 10.0 Å². The number of nitrogens with one attached hydrogen (secondary N) is 1. The second-order valence-corrected chi connectivity index (χ2v) is 6.23. The number of ether oxygens (including phenoxy) is 1. The summed E-state index contributed by atoms with van der Waals surface area (Å²) < 4.78 is 44.1. The monoisotopic (exact) mass is 289 g/mol. The summed E-state index contributed by atoms with van der Waals surface area (Å²) in [6.07, 6.45) is 0.943. The maximum atomic E-state index is 13.1. The third kappa shape index (κ3) is 5.67. The van der Waals surface area contributed by atoms with E-state index < -0.39 is 16.1 Å². The number of hydrogen-bond acceptors (Lipinski definition) is 3. The van der Waals surface area contributed by atoms with Gasteiger partial charge in [-0.05, 0) is 24.1 Å². The lowest BCUT2D eigenvalue weighted by Gasteiger charge is -2.16. The van der Waals surface area contributed by atoms with E-state index in [2.05, 4.69) is 4.72 Å². The predicted molar refractivity (Wildman–Crippen MR) is 72.8 cm³/mol. The van der Waals surface area contributed by atoms with Gasteiger partial charge in [0.15, 0.2) is 0 Å². The second kappa shape index (κ2) is 7.57. The molecule has 0 heterocycles. The Morgan fingerprint density at radius 3 is 2.74 bits per heavy atom. The van der Waals surface area contributed by atoms with E-state index in [1.165, 1.54) is 19.2 Å². The highest BCUT2D eigenvalue weighted by Crippen LogP contribution is 2.17. The Labute approximate surface area is 114 Å². The van der Waals surface area contributed by atoms with Crippen molar-refractivity contribution in [3.05, 3.63) is 35.6 Å². The zero-order valence-electron chi connectivity index (χ0n) is 11.2. The number of unbranched alkanes of at least 4 members (excludes halogenated alkanes) is 1. The van der Waals surface area contributed by atoms with Crippen LogP contribution in [-0.2, 0) is 14.8 Å². The third-order valence-electron chi connectivity index (χ3n) is 2.76. The minimum Gasteiger partial charge on any atom is -0.375 e. The zero-order chi connectivity index (χ0) is 14.3. The van der Waals surface area contributed by atoms with Gasteiger partial charge in [-0.3, -0.25) is 0 Å². The summed E-state index contributed by atoms with van der Waals surface area (Å²) >= 11 is 0. The molecule has 1 atom stereocenters. The summed E-state index contributed by atoms with van der Waals surface area (Å²) in [4.78, 5) is 0. The Morgan fingerprint density at radius 1 is 1.42 bits per heavy atom. The molecular formula is C13H20FNO3S. The molecule has 6 heteroatoms. The van der Waals surface area contributed by atoms with Gasteiger partial charge in [0, 0.05) is 13.7 Å². The summed E-state index contributed by atoms with van der Waals surface area (Å²) in [5.41, 5.74) is 0.612. The maximum Gasteiger partial charge on any atom is 0.211 e. The molecule has 1 aromatic carbocycles. The van der Waals surface area contributed by atoms with E-state index >= 15 is 0 Å². The molecule has 0 aliphatic rings. The topological polar surface area (TPSA) is 55.4 Å². The van der Waals surface area contributed by atoms with Crippen LogP contribution in [0.4, 0.5) is 4.39 Å². The van der Waals surface area contributed by atoms with E-state index in [4.69, 9.17) is 4.74 Å². The van der Waals surface area contributed by atoms with Gasteiger partial charge < -0.3 is 4.74 Å². The van der Waals surface area contributed by atoms with Crippen molar-refractivity contribution in [3.63, 3.8) is 0 Å². The van der Waals surface area contributed by atoms with E-state index in [1.54, 1.807) is 12.1 Å². The number of sulfonamides is 1. The average Bonchev–Trinajstić information content (AvgIpc) is 2.37. The molecule has 1 rings (SSSR count). The van der Waals surface area contributed by atoms with Gasteiger partial charge in [0.05, 0.1) is 11.9 Å². The molecule has 19 heavy (non-hydrogen) atoms. The fourth-order valence-electron chi connectivity index (χ4n) is 1.65. The van der Waals surface area contributed by atoms with Crippen LogP contribution in [0, 0.1) is 5.82 Å². The first-order chi connectivity index (χ1) is 8.98. The smallest absolute Gasteiger partial charge is 0.211 e. The molecule has 0 fully saturated rings. The number of methoxy groups -OCH3 is 1. The lowest BCUT2D eigenvalue weighted by Crippen LogP contribution is -2.31. The van der Waals surface area contributed by atoms with Gasteiger partial charge in [-0.15, -0.1) is 0 Å². The Bertz CT molecular complexity index is 490. The standard InChI is InChI=1S/C13H20FNO3S/c1-3-4-8-19(16,17)15-10-13(18-2)11-6-5-7-12(14)9-11/h5-7,9,13,15H,3-4,8,10H2,1-2H3. The summed E-state index contributed by atoms with van der Waals surface area (Å²) in [6, 6.07) is 5.95. The number of hydrogen-bond donors (Lipinski definition) is 1. The number of halogens is 1. The Morgan fingerprint density at radius 2 is 2.16 bits per heavy atom. The molecule has 1 aromatic rings. The molecule has 0 aliphatic carbocycles. The van der Waals surface area contributed by atoms with E-state index in [9.17, 15) is 12.8 Å². The van der Waals surface area contributed by atoms with Crippen molar-refractivity contribution in [3.8, 4) is 0 Å². The molecule has 0 radical (unpaired) electrons. The van der Waals surface area contributed by atoms with Crippen molar-refractivity contribution in [1.82, 2.24) is 4.72 Å². The summed E-state index contributed by atoms with van der Waals surface area (Å²) in [5.74, 6) is -0.267. The Hall–Kier alpha value is -0.980. The third-order valence-corrected chi connectivity index (χ3v) is 4.19. The van der Waals surface area contributed by atoms with Crippen LogP contribution in [0.15, 0.2) is 24.3 Å². The van der Waals surface area contributed by atoms with Gasteiger partial charge in [0.25, 0.3) is 0 Å².